The molecule has 0 saturated carbocycles. The van der Waals surface area contributed by atoms with Gasteiger partial charge in [-0.15, -0.1) is 0 Å². The standard InChI is InChI=1S/C29H18Cl4N2O2S/c30-20-4-1-18(2-5-20)17-37-26-14-3-19(15-25(26)33)16-27-28(36)35(24-12-8-22(32)9-13-24)29(38-27)34-23-10-6-21(31)7-11-23/h1-16H,17H2/b27-16-,34-29?. The Balaban J connectivity index is 1.41. The summed E-state index contributed by atoms with van der Waals surface area (Å²) in [5.74, 6) is 0.339. The molecule has 5 rings (SSSR count). The molecular formula is C29H18Cl4N2O2S. The van der Waals surface area contributed by atoms with Crippen molar-refractivity contribution in [1.82, 2.24) is 0 Å². The number of amides is 1. The second kappa shape index (κ2) is 11.9. The summed E-state index contributed by atoms with van der Waals surface area (Å²) in [5, 5.41) is 2.80. The first kappa shape index (κ1) is 26.7. The Morgan fingerprint density at radius 2 is 1.39 bits per heavy atom. The average molecular weight is 600 g/mol. The number of benzene rings is 4. The van der Waals surface area contributed by atoms with Crippen LogP contribution in [0.4, 0.5) is 11.4 Å². The lowest BCUT2D eigenvalue weighted by atomic mass is 10.2. The van der Waals surface area contributed by atoms with Crippen LogP contribution >= 0.6 is 58.2 Å². The van der Waals surface area contributed by atoms with E-state index in [1.165, 1.54) is 11.8 Å². The first-order valence-electron chi connectivity index (χ1n) is 11.4. The minimum Gasteiger partial charge on any atom is -0.487 e. The van der Waals surface area contributed by atoms with Gasteiger partial charge in [0.25, 0.3) is 5.91 Å². The molecule has 0 bridgehead atoms. The summed E-state index contributed by atoms with van der Waals surface area (Å²) in [6, 6.07) is 27.0. The second-order valence-corrected chi connectivity index (χ2v) is 10.9. The van der Waals surface area contributed by atoms with Crippen molar-refractivity contribution in [3.63, 3.8) is 0 Å². The molecule has 1 fully saturated rings. The Morgan fingerprint density at radius 3 is 2.03 bits per heavy atom. The van der Waals surface area contributed by atoms with Gasteiger partial charge < -0.3 is 4.74 Å². The van der Waals surface area contributed by atoms with E-state index >= 15 is 0 Å². The van der Waals surface area contributed by atoms with Gasteiger partial charge in [0.1, 0.15) is 12.4 Å². The maximum atomic E-state index is 13.5. The highest BCUT2D eigenvalue weighted by atomic mass is 35.5. The maximum Gasteiger partial charge on any atom is 0.271 e. The molecule has 1 aliphatic rings. The van der Waals surface area contributed by atoms with Crippen molar-refractivity contribution < 1.29 is 9.53 Å². The summed E-state index contributed by atoms with van der Waals surface area (Å²) >= 11 is 25.8. The zero-order chi connectivity index (χ0) is 26.6. The fourth-order valence-corrected chi connectivity index (χ4v) is 5.23. The molecule has 0 aliphatic carbocycles. The number of aliphatic imine (C=N–C) groups is 1. The third-order valence-electron chi connectivity index (χ3n) is 5.50. The molecule has 4 aromatic rings. The summed E-state index contributed by atoms with van der Waals surface area (Å²) in [6.45, 7) is 0.353. The highest BCUT2D eigenvalue weighted by Gasteiger charge is 2.34. The van der Waals surface area contributed by atoms with Gasteiger partial charge in [0, 0.05) is 15.1 Å². The third-order valence-corrected chi connectivity index (χ3v) is 7.52. The molecule has 190 valence electrons. The van der Waals surface area contributed by atoms with E-state index in [2.05, 4.69) is 0 Å². The number of thioether (sulfide) groups is 1. The predicted molar refractivity (Wildman–Crippen MR) is 160 cm³/mol. The molecule has 0 atom stereocenters. The van der Waals surface area contributed by atoms with E-state index in [0.29, 0.717) is 53.9 Å². The smallest absolute Gasteiger partial charge is 0.271 e. The number of rotatable bonds is 6. The number of carbonyl (C=O) groups excluding carboxylic acids is 1. The largest absolute Gasteiger partial charge is 0.487 e. The van der Waals surface area contributed by atoms with Crippen LogP contribution in [-0.4, -0.2) is 11.1 Å². The minimum absolute atomic E-state index is 0.204. The summed E-state index contributed by atoms with van der Waals surface area (Å²) in [5.41, 5.74) is 3.06. The van der Waals surface area contributed by atoms with Crippen LogP contribution < -0.4 is 9.64 Å². The molecule has 0 aromatic heterocycles. The fraction of sp³-hybridized carbons (Fsp3) is 0.0345. The van der Waals surface area contributed by atoms with Gasteiger partial charge in [-0.05, 0) is 102 Å². The first-order valence-corrected chi connectivity index (χ1v) is 13.7. The quantitative estimate of drug-likeness (QED) is 0.207. The van der Waals surface area contributed by atoms with Crippen molar-refractivity contribution in [2.75, 3.05) is 4.90 Å². The molecular weight excluding hydrogens is 582 g/mol. The Morgan fingerprint density at radius 1 is 0.789 bits per heavy atom. The van der Waals surface area contributed by atoms with E-state index < -0.39 is 0 Å². The molecule has 0 N–H and O–H groups in total. The topological polar surface area (TPSA) is 41.9 Å². The minimum atomic E-state index is -0.204. The van der Waals surface area contributed by atoms with Gasteiger partial charge in [0.2, 0.25) is 0 Å². The molecule has 9 heteroatoms. The maximum absolute atomic E-state index is 13.5. The monoisotopic (exact) mass is 598 g/mol. The molecule has 1 aliphatic heterocycles. The number of anilines is 1. The molecule has 1 heterocycles. The van der Waals surface area contributed by atoms with Crippen molar-refractivity contribution in [3.05, 3.63) is 127 Å². The number of halogens is 4. The van der Waals surface area contributed by atoms with Gasteiger partial charge in [0.05, 0.1) is 21.3 Å². The Hall–Kier alpha value is -2.93. The van der Waals surface area contributed by atoms with Crippen molar-refractivity contribution >= 4 is 86.7 Å². The van der Waals surface area contributed by atoms with Crippen LogP contribution in [0.25, 0.3) is 6.08 Å². The summed E-state index contributed by atoms with van der Waals surface area (Å²) in [6.07, 6.45) is 1.79. The van der Waals surface area contributed by atoms with Gasteiger partial charge in [-0.3, -0.25) is 9.69 Å². The van der Waals surface area contributed by atoms with Crippen molar-refractivity contribution in [1.29, 1.82) is 0 Å². The number of carbonyl (C=O) groups is 1. The Kier molecular flexibility index (Phi) is 8.32. The lowest BCUT2D eigenvalue weighted by Gasteiger charge is -2.15. The van der Waals surface area contributed by atoms with E-state index in [-0.39, 0.29) is 5.91 Å². The Bertz CT molecular complexity index is 1540. The molecule has 0 unspecified atom stereocenters. The highest BCUT2D eigenvalue weighted by Crippen LogP contribution is 2.38. The molecule has 1 saturated heterocycles. The van der Waals surface area contributed by atoms with E-state index in [1.54, 1.807) is 71.6 Å². The van der Waals surface area contributed by atoms with Crippen molar-refractivity contribution in [2.24, 2.45) is 4.99 Å². The summed E-state index contributed by atoms with van der Waals surface area (Å²) in [4.78, 5) is 20.3. The molecule has 1 amide bonds. The van der Waals surface area contributed by atoms with Crippen LogP contribution in [-0.2, 0) is 11.4 Å². The summed E-state index contributed by atoms with van der Waals surface area (Å²) in [7, 11) is 0. The number of nitrogens with zero attached hydrogens (tertiary/aromatic N) is 2. The van der Waals surface area contributed by atoms with Crippen LogP contribution in [0.1, 0.15) is 11.1 Å². The van der Waals surface area contributed by atoms with Gasteiger partial charge in [-0.1, -0.05) is 64.6 Å². The second-order valence-electron chi connectivity index (χ2n) is 8.20. The van der Waals surface area contributed by atoms with Crippen molar-refractivity contribution in [3.8, 4) is 5.75 Å². The number of hydrogen-bond donors (Lipinski definition) is 0. The van der Waals surface area contributed by atoms with Gasteiger partial charge in [0.15, 0.2) is 5.17 Å². The van der Waals surface area contributed by atoms with Crippen LogP contribution in [0.3, 0.4) is 0 Å². The van der Waals surface area contributed by atoms with Crippen molar-refractivity contribution in [2.45, 2.75) is 6.61 Å². The fourth-order valence-electron chi connectivity index (χ4n) is 3.61. The van der Waals surface area contributed by atoms with Gasteiger partial charge in [-0.2, -0.15) is 0 Å². The first-order chi connectivity index (χ1) is 18.4. The van der Waals surface area contributed by atoms with Crippen LogP contribution in [0.15, 0.2) is 101 Å². The normalized spacial score (nSPS) is 15.5. The SMILES string of the molecule is O=C1/C(=C/c2ccc(OCc3ccc(Cl)cc3)c(Cl)c2)SC(=Nc2ccc(Cl)cc2)N1c1ccc(Cl)cc1. The molecule has 0 spiro atoms. The Labute approximate surface area is 244 Å². The van der Waals surface area contributed by atoms with Crippen LogP contribution in [0.5, 0.6) is 5.75 Å². The number of hydrogen-bond acceptors (Lipinski definition) is 4. The highest BCUT2D eigenvalue weighted by molar-refractivity contribution is 8.19. The van der Waals surface area contributed by atoms with E-state index in [0.717, 1.165) is 11.1 Å². The zero-order valence-corrected chi connectivity index (χ0v) is 23.4. The van der Waals surface area contributed by atoms with Crippen LogP contribution in [0, 0.1) is 0 Å². The lowest BCUT2D eigenvalue weighted by molar-refractivity contribution is -0.113. The van der Waals surface area contributed by atoms with E-state index in [9.17, 15) is 4.79 Å². The number of amidine groups is 1. The molecule has 38 heavy (non-hydrogen) atoms. The number of ether oxygens (including phenoxy) is 1. The van der Waals surface area contributed by atoms with Gasteiger partial charge >= 0.3 is 0 Å². The van der Waals surface area contributed by atoms with Crippen LogP contribution in [0.2, 0.25) is 20.1 Å². The lowest BCUT2D eigenvalue weighted by Crippen LogP contribution is -2.28. The summed E-state index contributed by atoms with van der Waals surface area (Å²) < 4.78 is 5.87. The average Bonchev–Trinajstić information content (AvgIpc) is 3.20. The van der Waals surface area contributed by atoms with E-state index in [1.807, 2.05) is 30.3 Å². The molecule has 0 radical (unpaired) electrons. The van der Waals surface area contributed by atoms with E-state index in [4.69, 9.17) is 56.1 Å². The predicted octanol–water partition coefficient (Wildman–Crippen LogP) is 9.69. The molecule has 4 nitrogen and oxygen atoms in total. The third kappa shape index (κ3) is 6.37. The molecule has 4 aromatic carbocycles. The van der Waals surface area contributed by atoms with Gasteiger partial charge in [-0.25, -0.2) is 4.99 Å². The zero-order valence-electron chi connectivity index (χ0n) is 19.6.